The number of anilines is 1. The minimum absolute atomic E-state index is 0.156. The Balaban J connectivity index is 2.03. The molecule has 0 unspecified atom stereocenters. The summed E-state index contributed by atoms with van der Waals surface area (Å²) < 4.78 is 0. The topological polar surface area (TPSA) is 81.2 Å². The maximum Gasteiger partial charge on any atom is 0.272 e. The molecule has 0 amide bonds. The SMILES string of the molecule is Cc1c(CNCc2ccccc2N)cccc1[N+](=O)[O-]. The molecular weight excluding hydrogens is 254 g/mol. The molecule has 0 aliphatic carbocycles. The Morgan fingerprint density at radius 1 is 1.10 bits per heavy atom. The van der Waals surface area contributed by atoms with Gasteiger partial charge in [-0.15, -0.1) is 0 Å². The number of benzene rings is 2. The average molecular weight is 271 g/mol. The summed E-state index contributed by atoms with van der Waals surface area (Å²) in [5, 5.41) is 14.1. The van der Waals surface area contributed by atoms with Crippen molar-refractivity contribution in [1.29, 1.82) is 0 Å². The highest BCUT2D eigenvalue weighted by atomic mass is 16.6. The number of rotatable bonds is 5. The summed E-state index contributed by atoms with van der Waals surface area (Å²) in [7, 11) is 0. The van der Waals surface area contributed by atoms with Gasteiger partial charge in [0.15, 0.2) is 0 Å². The molecule has 5 heteroatoms. The van der Waals surface area contributed by atoms with Gasteiger partial charge in [-0.2, -0.15) is 0 Å². The Kier molecular flexibility index (Phi) is 4.32. The van der Waals surface area contributed by atoms with Crippen LogP contribution in [0.3, 0.4) is 0 Å². The van der Waals surface area contributed by atoms with Crippen molar-refractivity contribution in [3.05, 3.63) is 69.3 Å². The Bertz CT molecular complexity index is 626. The number of para-hydroxylation sites is 1. The quantitative estimate of drug-likeness (QED) is 0.497. The van der Waals surface area contributed by atoms with E-state index < -0.39 is 0 Å². The van der Waals surface area contributed by atoms with Gasteiger partial charge in [-0.05, 0) is 24.1 Å². The minimum Gasteiger partial charge on any atom is -0.398 e. The van der Waals surface area contributed by atoms with Crippen molar-refractivity contribution in [3.63, 3.8) is 0 Å². The summed E-state index contributed by atoms with van der Waals surface area (Å²) in [5.74, 6) is 0. The van der Waals surface area contributed by atoms with Crippen molar-refractivity contribution < 1.29 is 4.92 Å². The van der Waals surface area contributed by atoms with Crippen molar-refractivity contribution in [2.45, 2.75) is 20.0 Å². The maximum absolute atomic E-state index is 10.9. The Hall–Kier alpha value is -2.40. The number of nitrogens with zero attached hydrogens (tertiary/aromatic N) is 1. The van der Waals surface area contributed by atoms with Gasteiger partial charge in [0.2, 0.25) is 0 Å². The molecule has 5 nitrogen and oxygen atoms in total. The lowest BCUT2D eigenvalue weighted by Gasteiger charge is -2.09. The largest absolute Gasteiger partial charge is 0.398 e. The fraction of sp³-hybridized carbons (Fsp3) is 0.200. The lowest BCUT2D eigenvalue weighted by molar-refractivity contribution is -0.385. The molecule has 0 bridgehead atoms. The molecule has 2 aromatic rings. The molecule has 2 aromatic carbocycles. The smallest absolute Gasteiger partial charge is 0.272 e. The Morgan fingerprint density at radius 2 is 1.75 bits per heavy atom. The van der Waals surface area contributed by atoms with Gasteiger partial charge in [-0.3, -0.25) is 10.1 Å². The van der Waals surface area contributed by atoms with Crippen LogP contribution < -0.4 is 11.1 Å². The van der Waals surface area contributed by atoms with Crippen molar-refractivity contribution in [2.75, 3.05) is 5.73 Å². The van der Waals surface area contributed by atoms with E-state index in [1.54, 1.807) is 13.0 Å². The lowest BCUT2D eigenvalue weighted by atomic mass is 10.1. The second-order valence-electron chi connectivity index (χ2n) is 4.62. The molecule has 20 heavy (non-hydrogen) atoms. The van der Waals surface area contributed by atoms with Gasteiger partial charge in [-0.25, -0.2) is 0 Å². The Morgan fingerprint density at radius 3 is 2.45 bits per heavy atom. The third-order valence-electron chi connectivity index (χ3n) is 3.30. The second-order valence-corrected chi connectivity index (χ2v) is 4.62. The normalized spacial score (nSPS) is 10.4. The molecule has 0 saturated heterocycles. The summed E-state index contributed by atoms with van der Waals surface area (Å²) in [5.41, 5.74) is 9.42. The molecule has 0 aliphatic heterocycles. The van der Waals surface area contributed by atoms with Gasteiger partial charge in [0.25, 0.3) is 5.69 Å². The highest BCUT2D eigenvalue weighted by Gasteiger charge is 2.12. The average Bonchev–Trinajstić information content (AvgIpc) is 2.42. The summed E-state index contributed by atoms with van der Waals surface area (Å²) in [6.07, 6.45) is 0. The zero-order valence-electron chi connectivity index (χ0n) is 11.3. The van der Waals surface area contributed by atoms with E-state index in [2.05, 4.69) is 5.32 Å². The third kappa shape index (κ3) is 3.13. The van der Waals surface area contributed by atoms with Crippen LogP contribution in [0.4, 0.5) is 11.4 Å². The molecular formula is C15H17N3O2. The van der Waals surface area contributed by atoms with E-state index in [1.807, 2.05) is 30.3 Å². The standard InChI is InChI=1S/C15H17N3O2/c1-11-12(6-4-8-15(11)18(19)20)9-17-10-13-5-2-3-7-14(13)16/h2-8,17H,9-10,16H2,1H3. The zero-order chi connectivity index (χ0) is 14.5. The van der Waals surface area contributed by atoms with Gasteiger partial charge in [0.1, 0.15) is 0 Å². The predicted molar refractivity (Wildman–Crippen MR) is 79.2 cm³/mol. The van der Waals surface area contributed by atoms with Gasteiger partial charge in [-0.1, -0.05) is 30.3 Å². The van der Waals surface area contributed by atoms with Gasteiger partial charge < -0.3 is 11.1 Å². The summed E-state index contributed by atoms with van der Waals surface area (Å²) in [6, 6.07) is 12.8. The van der Waals surface area contributed by atoms with Crippen LogP contribution in [0.25, 0.3) is 0 Å². The van der Waals surface area contributed by atoms with E-state index in [1.165, 1.54) is 6.07 Å². The molecule has 0 fully saturated rings. The summed E-state index contributed by atoms with van der Waals surface area (Å²) >= 11 is 0. The van der Waals surface area contributed by atoms with Crippen molar-refractivity contribution in [1.82, 2.24) is 5.32 Å². The van der Waals surface area contributed by atoms with Crippen molar-refractivity contribution >= 4 is 11.4 Å². The third-order valence-corrected chi connectivity index (χ3v) is 3.30. The highest BCUT2D eigenvalue weighted by molar-refractivity contribution is 5.46. The van der Waals surface area contributed by atoms with Crippen LogP contribution in [0.15, 0.2) is 42.5 Å². The molecule has 0 aliphatic rings. The molecule has 0 aromatic heterocycles. The monoisotopic (exact) mass is 271 g/mol. The molecule has 0 spiro atoms. The van der Waals surface area contributed by atoms with Crippen molar-refractivity contribution in [3.8, 4) is 0 Å². The zero-order valence-corrected chi connectivity index (χ0v) is 11.3. The van der Waals surface area contributed by atoms with Crippen molar-refractivity contribution in [2.24, 2.45) is 0 Å². The van der Waals surface area contributed by atoms with Crippen LogP contribution in [0, 0.1) is 17.0 Å². The minimum atomic E-state index is -0.353. The van der Waals surface area contributed by atoms with Crippen LogP contribution in [-0.4, -0.2) is 4.92 Å². The number of nitrogen functional groups attached to an aromatic ring is 1. The first-order chi connectivity index (χ1) is 9.59. The van der Waals surface area contributed by atoms with E-state index in [-0.39, 0.29) is 10.6 Å². The first kappa shape index (κ1) is 14.0. The number of hydrogen-bond donors (Lipinski definition) is 2. The van der Waals surface area contributed by atoms with Crippen LogP contribution in [-0.2, 0) is 13.1 Å². The Labute approximate surface area is 117 Å². The number of nitro benzene ring substituents is 1. The molecule has 2 rings (SSSR count). The fourth-order valence-corrected chi connectivity index (χ4v) is 2.09. The van der Waals surface area contributed by atoms with E-state index in [0.717, 1.165) is 16.8 Å². The molecule has 3 N–H and O–H groups in total. The molecule has 0 heterocycles. The number of nitrogens with one attached hydrogen (secondary N) is 1. The van der Waals surface area contributed by atoms with Gasteiger partial charge >= 0.3 is 0 Å². The van der Waals surface area contributed by atoms with E-state index in [4.69, 9.17) is 5.73 Å². The maximum atomic E-state index is 10.9. The fourth-order valence-electron chi connectivity index (χ4n) is 2.09. The first-order valence-electron chi connectivity index (χ1n) is 6.36. The summed E-state index contributed by atoms with van der Waals surface area (Å²) in [4.78, 5) is 10.5. The van der Waals surface area contributed by atoms with E-state index >= 15 is 0 Å². The lowest BCUT2D eigenvalue weighted by Crippen LogP contribution is -2.15. The number of hydrogen-bond acceptors (Lipinski definition) is 4. The molecule has 0 atom stereocenters. The molecule has 0 radical (unpaired) electrons. The molecule has 0 saturated carbocycles. The highest BCUT2D eigenvalue weighted by Crippen LogP contribution is 2.21. The number of nitro groups is 1. The van der Waals surface area contributed by atoms with Crippen LogP contribution in [0.1, 0.15) is 16.7 Å². The van der Waals surface area contributed by atoms with Gasteiger partial charge in [0, 0.05) is 30.4 Å². The van der Waals surface area contributed by atoms with Crippen LogP contribution in [0.5, 0.6) is 0 Å². The molecule has 104 valence electrons. The number of nitrogens with two attached hydrogens (primary N) is 1. The second kappa shape index (κ2) is 6.16. The van der Waals surface area contributed by atoms with Crippen LogP contribution >= 0.6 is 0 Å². The summed E-state index contributed by atoms with van der Waals surface area (Å²) in [6.45, 7) is 2.97. The first-order valence-corrected chi connectivity index (χ1v) is 6.36. The van der Waals surface area contributed by atoms with Gasteiger partial charge in [0.05, 0.1) is 4.92 Å². The predicted octanol–water partition coefficient (Wildman–Crippen LogP) is 2.78. The van der Waals surface area contributed by atoms with E-state index in [0.29, 0.717) is 18.7 Å². The van der Waals surface area contributed by atoms with Crippen LogP contribution in [0.2, 0.25) is 0 Å². The van der Waals surface area contributed by atoms with E-state index in [9.17, 15) is 10.1 Å².